The SMILES string of the molecule is Cc1cc(CSc2ncccc2C(=O)Nc2ccc(F)c([N+](=O)[O-])c2)no1. The number of benzene rings is 1. The van der Waals surface area contributed by atoms with Gasteiger partial charge in [-0.05, 0) is 31.2 Å². The van der Waals surface area contributed by atoms with Crippen LogP contribution in [0.1, 0.15) is 21.8 Å². The minimum absolute atomic E-state index is 0.111. The van der Waals surface area contributed by atoms with Crippen LogP contribution in [0.5, 0.6) is 0 Å². The Balaban J connectivity index is 1.77. The number of rotatable bonds is 6. The van der Waals surface area contributed by atoms with E-state index < -0.39 is 22.3 Å². The number of amides is 1. The van der Waals surface area contributed by atoms with Gasteiger partial charge in [-0.15, -0.1) is 0 Å². The lowest BCUT2D eigenvalue weighted by atomic mass is 10.2. The van der Waals surface area contributed by atoms with Gasteiger partial charge in [0.05, 0.1) is 16.2 Å². The summed E-state index contributed by atoms with van der Waals surface area (Å²) in [7, 11) is 0. The van der Waals surface area contributed by atoms with E-state index in [2.05, 4.69) is 15.5 Å². The minimum atomic E-state index is -0.974. The molecule has 138 valence electrons. The molecule has 27 heavy (non-hydrogen) atoms. The number of nitrogens with zero attached hydrogens (tertiary/aromatic N) is 3. The van der Waals surface area contributed by atoms with E-state index in [-0.39, 0.29) is 11.3 Å². The number of carbonyl (C=O) groups is 1. The number of nitrogens with one attached hydrogen (secondary N) is 1. The molecule has 10 heteroatoms. The zero-order valence-electron chi connectivity index (χ0n) is 14.0. The summed E-state index contributed by atoms with van der Waals surface area (Å²) in [5.74, 6) is -0.347. The van der Waals surface area contributed by atoms with Crippen LogP contribution in [0, 0.1) is 22.9 Å². The Hall–Kier alpha value is -3.27. The summed E-state index contributed by atoms with van der Waals surface area (Å²) in [4.78, 5) is 26.7. The van der Waals surface area contributed by atoms with Crippen molar-refractivity contribution in [2.45, 2.75) is 17.7 Å². The number of pyridine rings is 1. The Bertz CT molecular complexity index is 1010. The zero-order chi connectivity index (χ0) is 19.4. The highest BCUT2D eigenvalue weighted by atomic mass is 32.2. The van der Waals surface area contributed by atoms with Crippen molar-refractivity contribution in [2.24, 2.45) is 0 Å². The summed E-state index contributed by atoms with van der Waals surface area (Å²) < 4.78 is 18.4. The van der Waals surface area contributed by atoms with E-state index in [1.807, 2.05) is 0 Å². The molecule has 0 aliphatic carbocycles. The number of carbonyl (C=O) groups excluding carboxylic acids is 1. The second-order valence-corrected chi connectivity index (χ2v) is 6.42. The molecule has 0 spiro atoms. The first-order chi connectivity index (χ1) is 12.9. The molecular formula is C17H13FN4O4S. The highest BCUT2D eigenvalue weighted by Gasteiger charge is 2.18. The Labute approximate surface area is 156 Å². The summed E-state index contributed by atoms with van der Waals surface area (Å²) in [5.41, 5.74) is 0.397. The molecule has 0 saturated carbocycles. The quantitative estimate of drug-likeness (QED) is 0.386. The van der Waals surface area contributed by atoms with Gasteiger partial charge in [0.15, 0.2) is 0 Å². The lowest BCUT2D eigenvalue weighted by Crippen LogP contribution is -2.14. The summed E-state index contributed by atoms with van der Waals surface area (Å²) in [5, 5.41) is 17.7. The normalized spacial score (nSPS) is 10.6. The van der Waals surface area contributed by atoms with Crippen LogP contribution in [0.4, 0.5) is 15.8 Å². The van der Waals surface area contributed by atoms with Crippen molar-refractivity contribution in [3.63, 3.8) is 0 Å². The molecule has 0 fully saturated rings. The van der Waals surface area contributed by atoms with Gasteiger partial charge in [0.1, 0.15) is 10.8 Å². The van der Waals surface area contributed by atoms with Crippen molar-refractivity contribution in [3.8, 4) is 0 Å². The van der Waals surface area contributed by atoms with E-state index in [1.54, 1.807) is 31.3 Å². The van der Waals surface area contributed by atoms with Crippen molar-refractivity contribution < 1.29 is 18.6 Å². The first-order valence-electron chi connectivity index (χ1n) is 7.69. The largest absolute Gasteiger partial charge is 0.361 e. The standard InChI is InChI=1S/C17H13FN4O4S/c1-10-7-12(21-26-10)9-27-17-13(3-2-6-19-17)16(23)20-11-4-5-14(18)15(8-11)22(24)25/h2-8H,9H2,1H3,(H,20,23). The van der Waals surface area contributed by atoms with Crippen LogP contribution >= 0.6 is 11.8 Å². The molecule has 1 aromatic carbocycles. The van der Waals surface area contributed by atoms with Crippen molar-refractivity contribution in [1.82, 2.24) is 10.1 Å². The van der Waals surface area contributed by atoms with Crippen molar-refractivity contribution in [2.75, 3.05) is 5.32 Å². The predicted molar refractivity (Wildman–Crippen MR) is 96.0 cm³/mol. The summed E-state index contributed by atoms with van der Waals surface area (Å²) in [6, 6.07) is 8.12. The van der Waals surface area contributed by atoms with E-state index in [1.165, 1.54) is 17.8 Å². The number of aromatic nitrogens is 2. The Morgan fingerprint density at radius 3 is 2.89 bits per heavy atom. The molecule has 3 rings (SSSR count). The molecule has 1 N–H and O–H groups in total. The molecule has 0 bridgehead atoms. The lowest BCUT2D eigenvalue weighted by molar-refractivity contribution is -0.387. The molecule has 3 aromatic rings. The van der Waals surface area contributed by atoms with E-state index in [0.717, 1.165) is 12.1 Å². The Morgan fingerprint density at radius 2 is 2.19 bits per heavy atom. The van der Waals surface area contributed by atoms with Gasteiger partial charge in [-0.25, -0.2) is 4.98 Å². The van der Waals surface area contributed by atoms with Gasteiger partial charge in [-0.2, -0.15) is 4.39 Å². The van der Waals surface area contributed by atoms with Gasteiger partial charge in [0.25, 0.3) is 5.91 Å². The smallest absolute Gasteiger partial charge is 0.306 e. The fourth-order valence-corrected chi connectivity index (χ4v) is 3.11. The molecule has 0 saturated heterocycles. The van der Waals surface area contributed by atoms with Gasteiger partial charge in [0.2, 0.25) is 5.82 Å². The molecule has 0 radical (unpaired) electrons. The average molecular weight is 388 g/mol. The highest BCUT2D eigenvalue weighted by molar-refractivity contribution is 7.98. The maximum absolute atomic E-state index is 13.4. The van der Waals surface area contributed by atoms with Crippen LogP contribution in [-0.4, -0.2) is 21.0 Å². The number of thioether (sulfide) groups is 1. The van der Waals surface area contributed by atoms with Crippen LogP contribution < -0.4 is 5.32 Å². The molecule has 2 heterocycles. The second-order valence-electron chi connectivity index (χ2n) is 5.45. The monoisotopic (exact) mass is 388 g/mol. The van der Waals surface area contributed by atoms with Gasteiger partial charge >= 0.3 is 5.69 Å². The third kappa shape index (κ3) is 4.47. The molecule has 0 atom stereocenters. The molecule has 0 unspecified atom stereocenters. The maximum atomic E-state index is 13.4. The number of hydrogen-bond acceptors (Lipinski definition) is 7. The summed E-state index contributed by atoms with van der Waals surface area (Å²) in [6.45, 7) is 1.78. The fraction of sp³-hybridized carbons (Fsp3) is 0.118. The predicted octanol–water partition coefficient (Wildman–Crippen LogP) is 3.97. The number of hydrogen-bond donors (Lipinski definition) is 1. The zero-order valence-corrected chi connectivity index (χ0v) is 14.8. The van der Waals surface area contributed by atoms with Crippen molar-refractivity contribution >= 4 is 29.0 Å². The van der Waals surface area contributed by atoms with Crippen molar-refractivity contribution in [3.05, 3.63) is 75.5 Å². The van der Waals surface area contributed by atoms with Crippen LogP contribution in [0.15, 0.2) is 52.1 Å². The highest BCUT2D eigenvalue weighted by Crippen LogP contribution is 2.26. The third-order valence-electron chi connectivity index (χ3n) is 3.45. The van der Waals surface area contributed by atoms with Crippen LogP contribution in [0.2, 0.25) is 0 Å². The van der Waals surface area contributed by atoms with Crippen LogP contribution in [-0.2, 0) is 5.75 Å². The van der Waals surface area contributed by atoms with E-state index >= 15 is 0 Å². The fourth-order valence-electron chi connectivity index (χ4n) is 2.24. The number of aryl methyl sites for hydroxylation is 1. The average Bonchev–Trinajstić information content (AvgIpc) is 3.07. The Morgan fingerprint density at radius 1 is 1.37 bits per heavy atom. The lowest BCUT2D eigenvalue weighted by Gasteiger charge is -2.08. The maximum Gasteiger partial charge on any atom is 0.306 e. The van der Waals surface area contributed by atoms with E-state index in [4.69, 9.17) is 4.52 Å². The van der Waals surface area contributed by atoms with Crippen molar-refractivity contribution in [1.29, 1.82) is 0 Å². The number of nitro benzene ring substituents is 1. The topological polar surface area (TPSA) is 111 Å². The first-order valence-corrected chi connectivity index (χ1v) is 8.68. The van der Waals surface area contributed by atoms with Gasteiger partial charge in [0, 0.05) is 29.8 Å². The molecular weight excluding hydrogens is 375 g/mol. The van der Waals surface area contributed by atoms with Gasteiger partial charge < -0.3 is 9.84 Å². The molecule has 1 amide bonds. The summed E-state index contributed by atoms with van der Waals surface area (Å²) in [6.07, 6.45) is 1.55. The third-order valence-corrected chi connectivity index (χ3v) is 4.49. The molecule has 0 aliphatic rings. The van der Waals surface area contributed by atoms with E-state index in [0.29, 0.717) is 22.2 Å². The van der Waals surface area contributed by atoms with E-state index in [9.17, 15) is 19.3 Å². The number of anilines is 1. The molecule has 2 aromatic heterocycles. The van der Waals surface area contributed by atoms with Crippen LogP contribution in [0.25, 0.3) is 0 Å². The molecule has 0 aliphatic heterocycles. The Kier molecular flexibility index (Phi) is 5.46. The number of halogens is 1. The minimum Gasteiger partial charge on any atom is -0.361 e. The van der Waals surface area contributed by atoms with Crippen LogP contribution in [0.3, 0.4) is 0 Å². The number of nitro groups is 1. The summed E-state index contributed by atoms with van der Waals surface area (Å²) >= 11 is 1.30. The second kappa shape index (κ2) is 7.96. The first kappa shape index (κ1) is 18.5. The van der Waals surface area contributed by atoms with Gasteiger partial charge in [-0.1, -0.05) is 16.9 Å². The van der Waals surface area contributed by atoms with Gasteiger partial charge in [-0.3, -0.25) is 14.9 Å². The molecule has 8 nitrogen and oxygen atoms in total.